The van der Waals surface area contributed by atoms with Crippen LogP contribution < -0.4 is 4.57 Å². The molecule has 0 aliphatic heterocycles. The Balaban J connectivity index is 1.33. The highest BCUT2D eigenvalue weighted by atomic mass is 15.1. The van der Waals surface area contributed by atoms with Crippen molar-refractivity contribution in [2.75, 3.05) is 0 Å². The number of hydrogen-bond donors (Lipinski definition) is 0. The maximum absolute atomic E-state index is 2.43. The summed E-state index contributed by atoms with van der Waals surface area (Å²) < 4.78 is 4.85. The Bertz CT molecular complexity index is 1920. The predicted octanol–water partition coefficient (Wildman–Crippen LogP) is 8.64. The molecule has 0 fully saturated rings. The standard InChI is InChI=1S/C37H27N2/c1-5-15-30-26(11-1)21-27-12-2-6-16-31(27)34(30)23-38-25-39(37-20-10-9-19-36(37)38)24-35-32-17-7-3-13-28(32)22-29-14-4-8-18-33(29)35/h1-22,25H,23-24H2/q+1. The van der Waals surface area contributed by atoms with Gasteiger partial charge in [0.15, 0.2) is 11.0 Å². The Kier molecular flexibility index (Phi) is 4.99. The molecule has 0 saturated heterocycles. The maximum atomic E-state index is 2.43. The lowest BCUT2D eigenvalue weighted by Gasteiger charge is -2.11. The van der Waals surface area contributed by atoms with Gasteiger partial charge in [-0.25, -0.2) is 9.13 Å². The number of aromatic nitrogens is 2. The van der Waals surface area contributed by atoms with Crippen LogP contribution in [0, 0.1) is 0 Å². The summed E-state index contributed by atoms with van der Waals surface area (Å²) in [4.78, 5) is 0. The Morgan fingerprint density at radius 3 is 1.44 bits per heavy atom. The van der Waals surface area contributed by atoms with Crippen molar-refractivity contribution in [2.45, 2.75) is 13.1 Å². The predicted molar refractivity (Wildman–Crippen MR) is 163 cm³/mol. The molecule has 0 aliphatic carbocycles. The van der Waals surface area contributed by atoms with Crippen molar-refractivity contribution in [2.24, 2.45) is 0 Å². The molecule has 0 bridgehead atoms. The number of para-hydroxylation sites is 2. The summed E-state index contributed by atoms with van der Waals surface area (Å²) in [6, 6.07) is 48.5. The molecule has 0 spiro atoms. The second-order valence-electron chi connectivity index (χ2n) is 10.5. The highest BCUT2D eigenvalue weighted by Gasteiger charge is 2.20. The molecule has 8 rings (SSSR count). The van der Waals surface area contributed by atoms with E-state index in [1.54, 1.807) is 0 Å². The Morgan fingerprint density at radius 2 is 0.897 bits per heavy atom. The van der Waals surface area contributed by atoms with E-state index in [9.17, 15) is 0 Å². The van der Waals surface area contributed by atoms with Gasteiger partial charge in [-0.3, -0.25) is 0 Å². The van der Waals surface area contributed by atoms with E-state index in [0.717, 1.165) is 13.1 Å². The Hall–Kier alpha value is -4.95. The van der Waals surface area contributed by atoms with Crippen LogP contribution in [-0.2, 0) is 13.1 Å². The Morgan fingerprint density at radius 1 is 0.462 bits per heavy atom. The number of nitrogens with zero attached hydrogens (tertiary/aromatic N) is 2. The van der Waals surface area contributed by atoms with E-state index < -0.39 is 0 Å². The first-order chi connectivity index (χ1) is 19.3. The van der Waals surface area contributed by atoms with E-state index in [4.69, 9.17) is 0 Å². The lowest BCUT2D eigenvalue weighted by atomic mass is 9.96. The molecule has 0 atom stereocenters. The smallest absolute Gasteiger partial charge is 0.226 e. The van der Waals surface area contributed by atoms with Gasteiger partial charge in [0.05, 0.1) is 0 Å². The first-order valence-electron chi connectivity index (χ1n) is 13.6. The van der Waals surface area contributed by atoms with Gasteiger partial charge >= 0.3 is 0 Å². The molecular weight excluding hydrogens is 472 g/mol. The summed E-state index contributed by atoms with van der Waals surface area (Å²) >= 11 is 0. The van der Waals surface area contributed by atoms with Crippen LogP contribution in [0.15, 0.2) is 140 Å². The number of fused-ring (bicyclic) bond motifs is 5. The highest BCUT2D eigenvalue weighted by molar-refractivity contribution is 6.03. The van der Waals surface area contributed by atoms with E-state index in [2.05, 4.69) is 149 Å². The van der Waals surface area contributed by atoms with E-state index in [1.807, 2.05) is 0 Å². The Labute approximate surface area is 227 Å². The third kappa shape index (κ3) is 3.60. The van der Waals surface area contributed by atoms with E-state index >= 15 is 0 Å². The molecule has 1 heterocycles. The second kappa shape index (κ2) is 8.82. The van der Waals surface area contributed by atoms with Gasteiger partial charge < -0.3 is 0 Å². The highest BCUT2D eigenvalue weighted by Crippen LogP contribution is 2.31. The largest absolute Gasteiger partial charge is 0.245 e. The van der Waals surface area contributed by atoms with E-state index in [-0.39, 0.29) is 0 Å². The molecule has 184 valence electrons. The summed E-state index contributed by atoms with van der Waals surface area (Å²) in [6.07, 6.45) is 2.32. The molecule has 8 aromatic rings. The van der Waals surface area contributed by atoms with Crippen molar-refractivity contribution in [3.8, 4) is 0 Å². The van der Waals surface area contributed by atoms with Crippen LogP contribution in [0.25, 0.3) is 54.1 Å². The molecule has 2 heteroatoms. The minimum absolute atomic E-state index is 0.811. The van der Waals surface area contributed by atoms with E-state index in [1.165, 1.54) is 65.3 Å². The second-order valence-corrected chi connectivity index (χ2v) is 10.5. The molecule has 0 N–H and O–H groups in total. The van der Waals surface area contributed by atoms with Gasteiger partial charge in [0.1, 0.15) is 13.1 Å². The number of hydrogen-bond acceptors (Lipinski definition) is 0. The van der Waals surface area contributed by atoms with Crippen LogP contribution in [-0.4, -0.2) is 4.57 Å². The quantitative estimate of drug-likeness (QED) is 0.169. The van der Waals surface area contributed by atoms with Crippen molar-refractivity contribution >= 4 is 54.1 Å². The molecule has 7 aromatic carbocycles. The average molecular weight is 500 g/mol. The number of imidazole rings is 1. The molecule has 39 heavy (non-hydrogen) atoms. The zero-order valence-electron chi connectivity index (χ0n) is 21.6. The summed E-state index contributed by atoms with van der Waals surface area (Å²) in [5.41, 5.74) is 5.23. The van der Waals surface area contributed by atoms with Crippen molar-refractivity contribution in [1.29, 1.82) is 0 Å². The molecule has 1 aromatic heterocycles. The van der Waals surface area contributed by atoms with Crippen LogP contribution in [0.1, 0.15) is 11.1 Å². The van der Waals surface area contributed by atoms with Gasteiger partial charge in [-0.2, -0.15) is 0 Å². The minimum atomic E-state index is 0.811. The summed E-state index contributed by atoms with van der Waals surface area (Å²) in [5.74, 6) is 0. The maximum Gasteiger partial charge on any atom is 0.245 e. The zero-order chi connectivity index (χ0) is 25.8. The van der Waals surface area contributed by atoms with E-state index in [0.29, 0.717) is 0 Å². The molecule has 0 aliphatic rings. The first-order valence-corrected chi connectivity index (χ1v) is 13.6. The van der Waals surface area contributed by atoms with Crippen LogP contribution in [0.3, 0.4) is 0 Å². The summed E-state index contributed by atoms with van der Waals surface area (Å²) in [7, 11) is 0. The normalized spacial score (nSPS) is 11.8. The number of rotatable bonds is 4. The molecular formula is C37H27N2+. The minimum Gasteiger partial charge on any atom is -0.226 e. The fraction of sp³-hybridized carbons (Fsp3) is 0.0541. The lowest BCUT2D eigenvalue weighted by molar-refractivity contribution is -0.662. The summed E-state index contributed by atoms with van der Waals surface area (Å²) in [5, 5.41) is 10.4. The third-order valence-corrected chi connectivity index (χ3v) is 8.20. The van der Waals surface area contributed by atoms with Crippen molar-refractivity contribution in [3.63, 3.8) is 0 Å². The third-order valence-electron chi connectivity index (χ3n) is 8.20. The van der Waals surface area contributed by atoms with Gasteiger partial charge in [0.25, 0.3) is 0 Å². The molecule has 0 amide bonds. The zero-order valence-corrected chi connectivity index (χ0v) is 21.6. The SMILES string of the molecule is c1ccc2c(Cn3c[n+](Cc4c5ccccc5cc5ccccc45)c4ccccc43)c3ccccc3cc2c1. The van der Waals surface area contributed by atoms with Gasteiger partial charge in [0.2, 0.25) is 6.33 Å². The fourth-order valence-corrected chi connectivity index (χ4v) is 6.39. The first kappa shape index (κ1) is 22.1. The number of benzene rings is 7. The average Bonchev–Trinajstić information content (AvgIpc) is 3.34. The lowest BCUT2D eigenvalue weighted by Crippen LogP contribution is -2.33. The monoisotopic (exact) mass is 499 g/mol. The fourth-order valence-electron chi connectivity index (χ4n) is 6.39. The van der Waals surface area contributed by atoms with Crippen LogP contribution in [0.4, 0.5) is 0 Å². The van der Waals surface area contributed by atoms with Crippen molar-refractivity contribution in [3.05, 3.63) is 151 Å². The molecule has 0 unspecified atom stereocenters. The summed E-state index contributed by atoms with van der Waals surface area (Å²) in [6.45, 7) is 1.62. The van der Waals surface area contributed by atoms with Crippen LogP contribution in [0.5, 0.6) is 0 Å². The molecule has 0 radical (unpaired) electrons. The van der Waals surface area contributed by atoms with Gasteiger partial charge in [-0.05, 0) is 67.4 Å². The molecule has 0 saturated carbocycles. The van der Waals surface area contributed by atoms with Crippen molar-refractivity contribution in [1.82, 2.24) is 4.57 Å². The van der Waals surface area contributed by atoms with Gasteiger partial charge in [0, 0.05) is 11.1 Å². The van der Waals surface area contributed by atoms with Crippen LogP contribution >= 0.6 is 0 Å². The topological polar surface area (TPSA) is 8.81 Å². The van der Waals surface area contributed by atoms with Crippen molar-refractivity contribution < 1.29 is 4.57 Å². The van der Waals surface area contributed by atoms with Gasteiger partial charge in [-0.15, -0.1) is 0 Å². The van der Waals surface area contributed by atoms with Crippen LogP contribution in [0.2, 0.25) is 0 Å². The molecule has 2 nitrogen and oxygen atoms in total. The van der Waals surface area contributed by atoms with Gasteiger partial charge in [-0.1, -0.05) is 109 Å².